The van der Waals surface area contributed by atoms with Crippen molar-refractivity contribution in [3.8, 4) is 0 Å². The minimum absolute atomic E-state index is 0.343. The first kappa shape index (κ1) is 7.58. The van der Waals surface area contributed by atoms with Crippen LogP contribution in [0, 0.1) is 5.92 Å². The Morgan fingerprint density at radius 1 is 1.70 bits per heavy atom. The second-order valence-corrected chi connectivity index (χ2v) is 3.10. The van der Waals surface area contributed by atoms with Gasteiger partial charge in [0, 0.05) is 6.42 Å². The van der Waals surface area contributed by atoms with Gasteiger partial charge in [-0.15, -0.1) is 0 Å². The van der Waals surface area contributed by atoms with Crippen molar-refractivity contribution in [3.05, 3.63) is 0 Å². The third-order valence-electron chi connectivity index (χ3n) is 1.91. The highest BCUT2D eigenvalue weighted by atomic mass is 16.6. The van der Waals surface area contributed by atoms with Crippen LogP contribution in [0.1, 0.15) is 33.6 Å². The number of hydrogen-bond donors (Lipinski definition) is 0. The lowest BCUT2D eigenvalue weighted by molar-refractivity contribution is 0.0521. The molecule has 2 nitrogen and oxygen atoms in total. The van der Waals surface area contributed by atoms with E-state index in [1.165, 1.54) is 5.71 Å². The lowest BCUT2D eigenvalue weighted by Gasteiger charge is -2.10. The van der Waals surface area contributed by atoms with E-state index in [-0.39, 0.29) is 0 Å². The summed E-state index contributed by atoms with van der Waals surface area (Å²) in [5.74, 6) is 0.591. The first-order valence-corrected chi connectivity index (χ1v) is 3.95. The zero-order valence-electron chi connectivity index (χ0n) is 6.92. The minimum atomic E-state index is 0.343. The summed E-state index contributed by atoms with van der Waals surface area (Å²) < 4.78 is 0. The van der Waals surface area contributed by atoms with Crippen LogP contribution in [0.25, 0.3) is 0 Å². The molecule has 0 radical (unpaired) electrons. The van der Waals surface area contributed by atoms with Crippen molar-refractivity contribution in [2.75, 3.05) is 0 Å². The van der Waals surface area contributed by atoms with E-state index in [0.717, 1.165) is 12.8 Å². The van der Waals surface area contributed by atoms with E-state index in [9.17, 15) is 0 Å². The van der Waals surface area contributed by atoms with Crippen LogP contribution < -0.4 is 0 Å². The maximum atomic E-state index is 5.21. The molecule has 0 amide bonds. The molecular weight excluding hydrogens is 126 g/mol. The smallest absolute Gasteiger partial charge is 0.135 e. The molecular formula is C8H15NO. The maximum absolute atomic E-state index is 5.21. The molecule has 0 aromatic rings. The summed E-state index contributed by atoms with van der Waals surface area (Å²) in [6.45, 7) is 6.45. The SMILES string of the molecule is CCC1=NOC(C(C)C)C1. The molecule has 1 atom stereocenters. The van der Waals surface area contributed by atoms with Crippen LogP contribution in [0.2, 0.25) is 0 Å². The van der Waals surface area contributed by atoms with Crippen LogP contribution in [0.5, 0.6) is 0 Å². The van der Waals surface area contributed by atoms with Crippen molar-refractivity contribution in [3.63, 3.8) is 0 Å². The van der Waals surface area contributed by atoms with E-state index in [0.29, 0.717) is 12.0 Å². The van der Waals surface area contributed by atoms with Gasteiger partial charge >= 0.3 is 0 Å². The molecule has 0 saturated heterocycles. The van der Waals surface area contributed by atoms with Crippen LogP contribution in [-0.4, -0.2) is 11.8 Å². The zero-order chi connectivity index (χ0) is 7.56. The highest BCUT2D eigenvalue weighted by molar-refractivity contribution is 5.85. The van der Waals surface area contributed by atoms with Crippen LogP contribution in [0.4, 0.5) is 0 Å². The van der Waals surface area contributed by atoms with E-state index in [4.69, 9.17) is 4.84 Å². The first-order chi connectivity index (χ1) is 4.74. The van der Waals surface area contributed by atoms with Gasteiger partial charge in [-0.2, -0.15) is 0 Å². The molecule has 1 aliphatic heterocycles. The summed E-state index contributed by atoms with van der Waals surface area (Å²) in [7, 11) is 0. The van der Waals surface area contributed by atoms with Crippen molar-refractivity contribution in [2.45, 2.75) is 39.7 Å². The van der Waals surface area contributed by atoms with Crippen LogP contribution >= 0.6 is 0 Å². The van der Waals surface area contributed by atoms with Gasteiger partial charge in [0.1, 0.15) is 6.10 Å². The summed E-state index contributed by atoms with van der Waals surface area (Å²) >= 11 is 0. The monoisotopic (exact) mass is 141 g/mol. The molecule has 0 spiro atoms. The van der Waals surface area contributed by atoms with E-state index in [1.807, 2.05) is 0 Å². The van der Waals surface area contributed by atoms with Crippen LogP contribution in [0.15, 0.2) is 5.16 Å². The van der Waals surface area contributed by atoms with Crippen molar-refractivity contribution in [2.24, 2.45) is 11.1 Å². The average Bonchev–Trinajstić information content (AvgIpc) is 2.34. The average molecular weight is 141 g/mol. The molecule has 0 N–H and O–H groups in total. The lowest BCUT2D eigenvalue weighted by atomic mass is 10.0. The minimum Gasteiger partial charge on any atom is -0.392 e. The molecule has 0 fully saturated rings. The van der Waals surface area contributed by atoms with Gasteiger partial charge in [0.05, 0.1) is 5.71 Å². The standard InChI is InChI=1S/C8H15NO/c1-4-7-5-8(6(2)3)10-9-7/h6,8H,4-5H2,1-3H3. The molecule has 10 heavy (non-hydrogen) atoms. The quantitative estimate of drug-likeness (QED) is 0.577. The fourth-order valence-electron chi connectivity index (χ4n) is 1.02. The molecule has 0 aromatic heterocycles. The Labute approximate surface area is 62.3 Å². The third-order valence-corrected chi connectivity index (χ3v) is 1.91. The van der Waals surface area contributed by atoms with Crippen molar-refractivity contribution in [1.29, 1.82) is 0 Å². The highest BCUT2D eigenvalue weighted by Crippen LogP contribution is 2.18. The molecule has 1 heterocycles. The van der Waals surface area contributed by atoms with Gasteiger partial charge < -0.3 is 4.84 Å². The lowest BCUT2D eigenvalue weighted by Crippen LogP contribution is -2.14. The number of nitrogens with zero attached hydrogens (tertiary/aromatic N) is 1. The number of oxime groups is 1. The third kappa shape index (κ3) is 1.49. The fraction of sp³-hybridized carbons (Fsp3) is 0.875. The molecule has 0 bridgehead atoms. The van der Waals surface area contributed by atoms with Crippen molar-refractivity contribution >= 4 is 5.71 Å². The Bertz CT molecular complexity index is 140. The van der Waals surface area contributed by atoms with Crippen LogP contribution in [0.3, 0.4) is 0 Å². The van der Waals surface area contributed by atoms with Gasteiger partial charge in [-0.05, 0) is 12.3 Å². The normalized spacial score (nSPS) is 24.8. The Kier molecular flexibility index (Phi) is 2.30. The fourth-order valence-corrected chi connectivity index (χ4v) is 1.02. The Balaban J connectivity index is 2.36. The first-order valence-electron chi connectivity index (χ1n) is 3.95. The Morgan fingerprint density at radius 3 is 2.70 bits per heavy atom. The summed E-state index contributed by atoms with van der Waals surface area (Å²) in [6, 6.07) is 0. The predicted molar refractivity (Wildman–Crippen MR) is 42.1 cm³/mol. The zero-order valence-corrected chi connectivity index (χ0v) is 6.92. The van der Waals surface area contributed by atoms with Gasteiger partial charge in [-0.1, -0.05) is 25.9 Å². The molecule has 0 aromatic carbocycles. The van der Waals surface area contributed by atoms with Crippen LogP contribution in [-0.2, 0) is 4.84 Å². The topological polar surface area (TPSA) is 21.6 Å². The number of hydrogen-bond acceptors (Lipinski definition) is 2. The largest absolute Gasteiger partial charge is 0.392 e. The maximum Gasteiger partial charge on any atom is 0.135 e. The Morgan fingerprint density at radius 2 is 2.40 bits per heavy atom. The molecule has 0 saturated carbocycles. The second-order valence-electron chi connectivity index (χ2n) is 3.10. The van der Waals surface area contributed by atoms with E-state index in [2.05, 4.69) is 25.9 Å². The van der Waals surface area contributed by atoms with Crippen molar-refractivity contribution < 1.29 is 4.84 Å². The van der Waals surface area contributed by atoms with Crippen molar-refractivity contribution in [1.82, 2.24) is 0 Å². The molecule has 58 valence electrons. The summed E-state index contributed by atoms with van der Waals surface area (Å²) in [5.41, 5.74) is 1.21. The van der Waals surface area contributed by atoms with E-state index in [1.54, 1.807) is 0 Å². The second kappa shape index (κ2) is 3.04. The molecule has 2 heteroatoms. The van der Waals surface area contributed by atoms with Gasteiger partial charge in [0.15, 0.2) is 0 Å². The summed E-state index contributed by atoms with van der Waals surface area (Å²) in [4.78, 5) is 5.21. The summed E-state index contributed by atoms with van der Waals surface area (Å²) in [5, 5.41) is 3.97. The van der Waals surface area contributed by atoms with Gasteiger partial charge in [0.2, 0.25) is 0 Å². The molecule has 1 aliphatic rings. The van der Waals surface area contributed by atoms with E-state index < -0.39 is 0 Å². The van der Waals surface area contributed by atoms with Gasteiger partial charge in [-0.25, -0.2) is 0 Å². The number of rotatable bonds is 2. The summed E-state index contributed by atoms with van der Waals surface area (Å²) in [6.07, 6.45) is 2.41. The molecule has 1 unspecified atom stereocenters. The molecule has 1 rings (SSSR count). The van der Waals surface area contributed by atoms with Gasteiger partial charge in [-0.3, -0.25) is 0 Å². The highest BCUT2D eigenvalue weighted by Gasteiger charge is 2.22. The van der Waals surface area contributed by atoms with E-state index >= 15 is 0 Å². The molecule has 0 aliphatic carbocycles. The Hall–Kier alpha value is -0.530. The predicted octanol–water partition coefficient (Wildman–Crippen LogP) is 2.20. The van der Waals surface area contributed by atoms with Gasteiger partial charge in [0.25, 0.3) is 0 Å².